The first-order valence-corrected chi connectivity index (χ1v) is 5.60. The fraction of sp³-hybridized carbons (Fsp3) is 0.909. The average molecular weight is 211 g/mol. The summed E-state index contributed by atoms with van der Waals surface area (Å²) >= 11 is 0. The molecule has 1 aliphatic carbocycles. The molecule has 0 aromatic carbocycles. The van der Waals surface area contributed by atoms with Gasteiger partial charge in [-0.1, -0.05) is 0 Å². The van der Waals surface area contributed by atoms with Crippen molar-refractivity contribution in [3.05, 3.63) is 0 Å². The lowest BCUT2D eigenvalue weighted by Gasteiger charge is -2.38. The number of amides is 1. The van der Waals surface area contributed by atoms with Gasteiger partial charge in [0.1, 0.15) is 6.09 Å². The topological polar surface area (TPSA) is 55.4 Å². The Balaban J connectivity index is 1.94. The second-order valence-corrected chi connectivity index (χ2v) is 5.70. The molecule has 3 atom stereocenters. The molecular weight excluding hydrogens is 192 g/mol. The van der Waals surface area contributed by atoms with E-state index in [1.807, 2.05) is 20.8 Å². The van der Waals surface area contributed by atoms with E-state index in [0.717, 1.165) is 13.1 Å². The van der Waals surface area contributed by atoms with Crippen molar-refractivity contribution in [3.8, 4) is 0 Å². The maximum absolute atomic E-state index is 11.0. The highest BCUT2D eigenvalue weighted by molar-refractivity contribution is 5.63. The van der Waals surface area contributed by atoms with Crippen molar-refractivity contribution < 1.29 is 9.90 Å². The van der Waals surface area contributed by atoms with Crippen LogP contribution in [0, 0.1) is 17.8 Å². The lowest BCUT2D eigenvalue weighted by Crippen LogP contribution is -2.52. The maximum Gasteiger partial charge on any atom is 0.137 e. The fourth-order valence-corrected chi connectivity index (χ4v) is 2.65. The van der Waals surface area contributed by atoms with E-state index in [1.54, 1.807) is 0 Å². The summed E-state index contributed by atoms with van der Waals surface area (Å²) in [6, 6.07) is 0. The predicted molar refractivity (Wildman–Crippen MR) is 55.2 cm³/mol. The lowest BCUT2D eigenvalue weighted by molar-refractivity contribution is -0.270. The Morgan fingerprint density at radius 1 is 1.40 bits per heavy atom. The van der Waals surface area contributed by atoms with Gasteiger partial charge in [0.2, 0.25) is 0 Å². The Morgan fingerprint density at radius 2 is 1.93 bits per heavy atom. The molecule has 1 unspecified atom stereocenters. The Morgan fingerprint density at radius 3 is 2.33 bits per heavy atom. The molecule has 15 heavy (non-hydrogen) atoms. The number of piperidine rings is 1. The minimum Gasteiger partial charge on any atom is -0.530 e. The van der Waals surface area contributed by atoms with Crippen molar-refractivity contribution in [2.24, 2.45) is 17.8 Å². The molecule has 1 aliphatic heterocycles. The van der Waals surface area contributed by atoms with Crippen LogP contribution in [0.2, 0.25) is 0 Å². The van der Waals surface area contributed by atoms with Crippen LogP contribution in [0.1, 0.15) is 20.8 Å². The van der Waals surface area contributed by atoms with Crippen LogP contribution in [0.4, 0.5) is 4.79 Å². The van der Waals surface area contributed by atoms with Gasteiger partial charge in [-0.25, -0.2) is 0 Å². The number of nitrogens with one attached hydrogen (secondary N) is 1. The van der Waals surface area contributed by atoms with E-state index in [4.69, 9.17) is 0 Å². The third-order valence-electron chi connectivity index (χ3n) is 3.69. The molecule has 2 aliphatic rings. The number of hydrogen-bond donors (Lipinski definition) is 1. The zero-order chi connectivity index (χ0) is 11.2. The Labute approximate surface area is 90.6 Å². The number of carbonyl (C=O) groups excluding carboxylic acids is 1. The van der Waals surface area contributed by atoms with Crippen LogP contribution >= 0.6 is 0 Å². The molecule has 4 nitrogen and oxygen atoms in total. The van der Waals surface area contributed by atoms with Crippen LogP contribution in [0.15, 0.2) is 0 Å². The molecule has 0 aromatic heterocycles. The molecule has 0 aromatic rings. The number of fused-ring (bicyclic) bond motifs is 1. The minimum atomic E-state index is -1.04. The fourth-order valence-electron chi connectivity index (χ4n) is 2.65. The van der Waals surface area contributed by atoms with E-state index in [0.29, 0.717) is 24.3 Å². The largest absolute Gasteiger partial charge is 0.530 e. The van der Waals surface area contributed by atoms with Crippen LogP contribution < -0.4 is 10.4 Å². The zero-order valence-electron chi connectivity index (χ0n) is 9.62. The van der Waals surface area contributed by atoms with E-state index >= 15 is 0 Å². The molecule has 1 N–H and O–H groups in total. The molecule has 0 spiro atoms. The molecule has 2 rings (SSSR count). The summed E-state index contributed by atoms with van der Waals surface area (Å²) in [7, 11) is 0. The third kappa shape index (κ3) is 1.95. The Kier molecular flexibility index (Phi) is 2.41. The first kappa shape index (κ1) is 10.7. The monoisotopic (exact) mass is 211 g/mol. The standard InChI is InChI=1S/C11H20N2O2/c1-11(2,3)13(10(14)15)6-9-7-4-12-5-8(7)9/h7-9,12H,4-6H2,1-3H3,(H,14,15)/p-1/t7-,8+,9?. The van der Waals surface area contributed by atoms with Crippen LogP contribution in [0.3, 0.4) is 0 Å². The van der Waals surface area contributed by atoms with Gasteiger partial charge < -0.3 is 20.1 Å². The number of rotatable bonds is 2. The smallest absolute Gasteiger partial charge is 0.137 e. The summed E-state index contributed by atoms with van der Waals surface area (Å²) in [6.07, 6.45) is -1.04. The SMILES string of the molecule is CC(C)(C)N(CC1[C@H]2CNC[C@@H]12)C(=O)[O-]. The molecule has 0 radical (unpaired) electrons. The van der Waals surface area contributed by atoms with E-state index in [9.17, 15) is 9.90 Å². The highest BCUT2D eigenvalue weighted by atomic mass is 16.4. The van der Waals surface area contributed by atoms with Gasteiger partial charge in [0.15, 0.2) is 0 Å². The van der Waals surface area contributed by atoms with Crippen molar-refractivity contribution in [2.45, 2.75) is 26.3 Å². The summed E-state index contributed by atoms with van der Waals surface area (Å²) < 4.78 is 0. The van der Waals surface area contributed by atoms with Gasteiger partial charge >= 0.3 is 0 Å². The van der Waals surface area contributed by atoms with E-state index in [-0.39, 0.29) is 5.54 Å². The first-order valence-electron chi connectivity index (χ1n) is 5.60. The average Bonchev–Trinajstić information content (AvgIpc) is 2.56. The molecule has 86 valence electrons. The molecule has 4 heteroatoms. The summed E-state index contributed by atoms with van der Waals surface area (Å²) in [5.74, 6) is 1.96. The number of hydrogen-bond acceptors (Lipinski definition) is 3. The lowest BCUT2D eigenvalue weighted by atomic mass is 10.1. The minimum absolute atomic E-state index is 0.344. The van der Waals surface area contributed by atoms with Crippen LogP contribution in [-0.4, -0.2) is 36.2 Å². The van der Waals surface area contributed by atoms with E-state index < -0.39 is 6.09 Å². The molecule has 1 heterocycles. The molecule has 1 saturated carbocycles. The van der Waals surface area contributed by atoms with Crippen molar-refractivity contribution in [1.82, 2.24) is 10.2 Å². The molecule has 1 amide bonds. The molecule has 1 saturated heterocycles. The van der Waals surface area contributed by atoms with Gasteiger partial charge in [0.05, 0.1) is 0 Å². The third-order valence-corrected chi connectivity index (χ3v) is 3.69. The summed E-state index contributed by atoms with van der Waals surface area (Å²) in [4.78, 5) is 12.5. The summed E-state index contributed by atoms with van der Waals surface area (Å²) in [5, 5.41) is 14.3. The highest BCUT2D eigenvalue weighted by Gasteiger charge is 2.53. The van der Waals surface area contributed by atoms with Gasteiger partial charge in [0, 0.05) is 12.1 Å². The molecule has 0 bridgehead atoms. The second-order valence-electron chi connectivity index (χ2n) is 5.70. The second kappa shape index (κ2) is 3.37. The zero-order valence-corrected chi connectivity index (χ0v) is 9.62. The van der Waals surface area contributed by atoms with E-state index in [2.05, 4.69) is 5.32 Å². The quantitative estimate of drug-likeness (QED) is 0.693. The van der Waals surface area contributed by atoms with Crippen molar-refractivity contribution >= 4 is 6.09 Å². The van der Waals surface area contributed by atoms with Crippen molar-refractivity contribution in [2.75, 3.05) is 19.6 Å². The Hall–Kier alpha value is -0.770. The van der Waals surface area contributed by atoms with Crippen molar-refractivity contribution in [3.63, 3.8) is 0 Å². The van der Waals surface area contributed by atoms with Crippen LogP contribution in [0.5, 0.6) is 0 Å². The molecule has 2 fully saturated rings. The van der Waals surface area contributed by atoms with Crippen LogP contribution in [0.25, 0.3) is 0 Å². The predicted octanol–water partition coefficient (Wildman–Crippen LogP) is -0.104. The van der Waals surface area contributed by atoms with Gasteiger partial charge in [0.25, 0.3) is 0 Å². The highest BCUT2D eigenvalue weighted by Crippen LogP contribution is 2.49. The van der Waals surface area contributed by atoms with Crippen molar-refractivity contribution in [1.29, 1.82) is 0 Å². The first-order chi connectivity index (χ1) is 6.91. The Bertz CT molecular complexity index is 262. The summed E-state index contributed by atoms with van der Waals surface area (Å²) in [6.45, 7) is 8.50. The normalized spacial score (nSPS) is 33.7. The summed E-state index contributed by atoms with van der Waals surface area (Å²) in [5.41, 5.74) is -0.344. The molecular formula is C11H19N2O2-. The number of carboxylic acid groups (broad SMARTS) is 1. The van der Waals surface area contributed by atoms with Crippen LogP contribution in [-0.2, 0) is 0 Å². The van der Waals surface area contributed by atoms with Gasteiger partial charge in [-0.2, -0.15) is 0 Å². The number of carbonyl (C=O) groups is 1. The maximum atomic E-state index is 11.0. The van der Waals surface area contributed by atoms with Gasteiger partial charge in [-0.3, -0.25) is 0 Å². The van der Waals surface area contributed by atoms with Gasteiger partial charge in [-0.15, -0.1) is 0 Å². The number of nitrogens with zero attached hydrogens (tertiary/aromatic N) is 1. The van der Waals surface area contributed by atoms with Gasteiger partial charge in [-0.05, 0) is 51.6 Å². The van der Waals surface area contributed by atoms with E-state index in [1.165, 1.54) is 4.90 Å².